The fourth-order valence-corrected chi connectivity index (χ4v) is 7.68. The van der Waals surface area contributed by atoms with Crippen molar-refractivity contribution in [3.05, 3.63) is 137 Å². The Bertz CT molecular complexity index is 1380. The average molecular weight is 659 g/mol. The molecule has 2 atom stereocenters. The molecule has 0 aliphatic carbocycles. The molecule has 2 unspecified atom stereocenters. The normalized spacial score (nSPS) is 13.6. The second-order valence-electron chi connectivity index (χ2n) is 10.1. The SMILES string of the molecule is Cc1ccc([S+](=O)(Cc2ccccc2)N(C)C)cc1.Cc1ccc([S+](=O)([CH-]c2ccccc2)N(C)C)cc1.F[B-](F)(F)F.[H-].[Na+]. The van der Waals surface area contributed by atoms with E-state index in [0.29, 0.717) is 5.75 Å². The molecule has 0 saturated carbocycles. The van der Waals surface area contributed by atoms with Crippen LogP contribution in [0.25, 0.3) is 0 Å². The van der Waals surface area contributed by atoms with Crippen molar-refractivity contribution < 1.29 is 56.7 Å². The number of aryl methyl sites for hydroxylation is 2. The molecule has 0 aliphatic heterocycles. The van der Waals surface area contributed by atoms with Crippen molar-refractivity contribution in [2.24, 2.45) is 0 Å². The first-order valence-electron chi connectivity index (χ1n) is 13.4. The number of hydrogen-bond acceptors (Lipinski definition) is 2. The van der Waals surface area contributed by atoms with Crippen LogP contribution in [0.1, 0.15) is 23.7 Å². The number of benzene rings is 4. The van der Waals surface area contributed by atoms with Crippen LogP contribution in [0.4, 0.5) is 17.3 Å². The Labute approximate surface area is 285 Å². The zero-order valence-corrected chi connectivity index (χ0v) is 29.9. The fraction of sp³-hybridized carbons (Fsp3) is 0.219. The standard InChI is InChI=1S/C16H20NOS.C16H19NOS.BF4.Na.H/c2*1-14-9-11-16(12-10-14)19(18,17(2)3)13-15-7-5-4-6-8-15;2-1(3,4)5;;/h4-12H,13H2,1-3H3;4-13H,1-3H3;;;/q+1;;-1;+1;-1. The van der Waals surface area contributed by atoms with Crippen LogP contribution in [0.3, 0.4) is 0 Å². The molecule has 0 radical (unpaired) electrons. The van der Waals surface area contributed by atoms with Crippen LogP contribution in [0.2, 0.25) is 0 Å². The Morgan fingerprint density at radius 3 is 1.41 bits per heavy atom. The first-order valence-corrected chi connectivity index (χ1v) is 16.7. The molecule has 0 aliphatic rings. The molecule has 44 heavy (non-hydrogen) atoms. The maximum absolute atomic E-state index is 13.3. The summed E-state index contributed by atoms with van der Waals surface area (Å²) < 4.78 is 69.2. The van der Waals surface area contributed by atoms with E-state index in [1.54, 1.807) is 4.31 Å². The minimum Gasteiger partial charge on any atom is -1.00 e. The van der Waals surface area contributed by atoms with Crippen LogP contribution in [0.15, 0.2) is 119 Å². The maximum atomic E-state index is 13.3. The van der Waals surface area contributed by atoms with Crippen molar-refractivity contribution in [3.63, 3.8) is 0 Å². The molecule has 0 aromatic heterocycles. The smallest absolute Gasteiger partial charge is 1.00 e. The van der Waals surface area contributed by atoms with Crippen LogP contribution < -0.4 is 29.6 Å². The molecular formula is C32H40BF4N2NaO2S2. The zero-order chi connectivity index (χ0) is 32.3. The summed E-state index contributed by atoms with van der Waals surface area (Å²) in [6.45, 7) is 4.07. The van der Waals surface area contributed by atoms with Crippen molar-refractivity contribution in [1.29, 1.82) is 0 Å². The van der Waals surface area contributed by atoms with Gasteiger partial charge in [-0.2, -0.15) is 12.1 Å². The second-order valence-corrected chi connectivity index (χ2v) is 15.5. The van der Waals surface area contributed by atoms with Gasteiger partial charge in [0.1, 0.15) is 0 Å². The molecule has 234 valence electrons. The van der Waals surface area contributed by atoms with E-state index in [1.165, 1.54) is 11.1 Å². The molecule has 12 heteroatoms. The van der Waals surface area contributed by atoms with Crippen LogP contribution >= 0.6 is 0 Å². The van der Waals surface area contributed by atoms with E-state index in [-0.39, 0.29) is 31.0 Å². The Kier molecular flexibility index (Phi) is 16.3. The summed E-state index contributed by atoms with van der Waals surface area (Å²) in [4.78, 5) is 1.74. The summed E-state index contributed by atoms with van der Waals surface area (Å²) in [6.07, 6.45) is 0. The van der Waals surface area contributed by atoms with E-state index >= 15 is 0 Å². The van der Waals surface area contributed by atoms with Crippen molar-refractivity contribution >= 4 is 27.5 Å². The number of nitrogens with zero attached hydrogens (tertiary/aromatic N) is 2. The van der Waals surface area contributed by atoms with Gasteiger partial charge in [-0.25, -0.2) is 0 Å². The Hall–Kier alpha value is -2.25. The Morgan fingerprint density at radius 2 is 1.02 bits per heavy atom. The first-order chi connectivity index (χ1) is 20.0. The zero-order valence-electron chi connectivity index (χ0n) is 27.3. The summed E-state index contributed by atoms with van der Waals surface area (Å²) in [6, 6.07) is 35.7. The molecule has 4 aromatic rings. The van der Waals surface area contributed by atoms with E-state index in [4.69, 9.17) is 0 Å². The quantitative estimate of drug-likeness (QED) is 0.109. The van der Waals surface area contributed by atoms with Gasteiger partial charge < -0.3 is 18.7 Å². The van der Waals surface area contributed by atoms with Crippen molar-refractivity contribution in [2.75, 3.05) is 28.2 Å². The maximum Gasteiger partial charge on any atom is 1.00 e. The largest absolute Gasteiger partial charge is 1.00 e. The van der Waals surface area contributed by atoms with Gasteiger partial charge in [-0.1, -0.05) is 80.2 Å². The van der Waals surface area contributed by atoms with E-state index in [1.807, 2.05) is 161 Å². The van der Waals surface area contributed by atoms with Gasteiger partial charge in [0.05, 0.1) is 5.75 Å². The van der Waals surface area contributed by atoms with Crippen LogP contribution in [-0.2, 0) is 34.4 Å². The van der Waals surface area contributed by atoms with Gasteiger partial charge in [0.15, 0.2) is 35.8 Å². The molecule has 4 rings (SSSR count). The van der Waals surface area contributed by atoms with E-state index in [0.717, 1.165) is 20.9 Å². The molecule has 0 spiro atoms. The molecule has 0 saturated heterocycles. The van der Waals surface area contributed by atoms with E-state index in [2.05, 4.69) is 0 Å². The molecule has 0 fully saturated rings. The van der Waals surface area contributed by atoms with Gasteiger partial charge in [0, 0.05) is 33.8 Å². The van der Waals surface area contributed by atoms with E-state index in [9.17, 15) is 25.7 Å². The minimum absolute atomic E-state index is 0. The first kappa shape index (κ1) is 39.8. The predicted octanol–water partition coefficient (Wildman–Crippen LogP) is 5.49. The van der Waals surface area contributed by atoms with E-state index < -0.39 is 27.5 Å². The van der Waals surface area contributed by atoms with Gasteiger partial charge in [0.2, 0.25) is 0 Å². The summed E-state index contributed by atoms with van der Waals surface area (Å²) in [5.41, 5.74) is 4.43. The van der Waals surface area contributed by atoms with Crippen LogP contribution in [0, 0.1) is 19.6 Å². The van der Waals surface area contributed by atoms with Crippen LogP contribution in [-0.4, -0.2) is 44.1 Å². The van der Waals surface area contributed by atoms with Gasteiger partial charge in [-0.15, -0.1) is 26.3 Å². The Balaban J connectivity index is 0.000000721. The number of hydrogen-bond donors (Lipinski definition) is 0. The van der Waals surface area contributed by atoms with Crippen molar-refractivity contribution in [3.8, 4) is 0 Å². The third-order valence-corrected chi connectivity index (χ3v) is 11.7. The third-order valence-electron chi connectivity index (χ3n) is 6.18. The third kappa shape index (κ3) is 13.0. The predicted molar refractivity (Wildman–Crippen MR) is 174 cm³/mol. The van der Waals surface area contributed by atoms with Crippen molar-refractivity contribution in [1.82, 2.24) is 8.61 Å². The molecular weight excluding hydrogens is 618 g/mol. The van der Waals surface area contributed by atoms with Gasteiger partial charge in [0.25, 0.3) is 0 Å². The molecule has 0 amide bonds. The average Bonchev–Trinajstić information content (AvgIpc) is 2.94. The topological polar surface area (TPSA) is 40.6 Å². The monoisotopic (exact) mass is 658 g/mol. The molecule has 4 aromatic carbocycles. The molecule has 4 nitrogen and oxygen atoms in total. The number of halogens is 4. The molecule has 0 N–H and O–H groups in total. The molecule has 0 heterocycles. The summed E-state index contributed by atoms with van der Waals surface area (Å²) in [5, 5.41) is 0. The van der Waals surface area contributed by atoms with Crippen molar-refractivity contribution in [2.45, 2.75) is 29.4 Å². The Morgan fingerprint density at radius 1 is 0.636 bits per heavy atom. The fourth-order valence-electron chi connectivity index (χ4n) is 3.81. The second kappa shape index (κ2) is 18.0. The minimum atomic E-state index is -6.00. The molecule has 0 bridgehead atoms. The van der Waals surface area contributed by atoms with Gasteiger partial charge >= 0.3 is 36.8 Å². The van der Waals surface area contributed by atoms with Gasteiger partial charge in [-0.3, -0.25) is 0 Å². The van der Waals surface area contributed by atoms with Gasteiger partial charge in [-0.05, 0) is 38.1 Å². The number of rotatable bonds is 8. The summed E-state index contributed by atoms with van der Waals surface area (Å²) >= 11 is 0. The van der Waals surface area contributed by atoms with Crippen LogP contribution in [0.5, 0.6) is 0 Å². The summed E-state index contributed by atoms with van der Waals surface area (Å²) in [7, 11) is -3.11. The summed E-state index contributed by atoms with van der Waals surface area (Å²) in [5.74, 6) is 2.39.